The van der Waals surface area contributed by atoms with Gasteiger partial charge in [-0.3, -0.25) is 4.79 Å². The number of hydrogen-bond donors (Lipinski definition) is 2. The first-order chi connectivity index (χ1) is 14.3. The lowest BCUT2D eigenvalue weighted by Gasteiger charge is -2.23. The van der Waals surface area contributed by atoms with Crippen LogP contribution in [0.1, 0.15) is 51.7 Å². The molecule has 0 saturated carbocycles. The van der Waals surface area contributed by atoms with Crippen LogP contribution in [-0.2, 0) is 6.42 Å². The molecule has 0 spiro atoms. The molecule has 0 amide bonds. The van der Waals surface area contributed by atoms with Crippen molar-refractivity contribution in [2.45, 2.75) is 47.5 Å². The second kappa shape index (κ2) is 7.90. The SMILES string of the molecule is Cc1ccc(Nc2nc3c(c(Nc4c(C)cccc4C)n2)C(=O)CC(C)C3)cc1C. The van der Waals surface area contributed by atoms with Gasteiger partial charge in [-0.05, 0) is 74.4 Å². The summed E-state index contributed by atoms with van der Waals surface area (Å²) in [5.41, 5.74) is 8.04. The maximum absolute atomic E-state index is 12.9. The fraction of sp³-hybridized carbons (Fsp3) is 0.320. The van der Waals surface area contributed by atoms with E-state index in [1.807, 2.05) is 12.1 Å². The van der Waals surface area contributed by atoms with Crippen LogP contribution in [0.15, 0.2) is 36.4 Å². The molecule has 1 heterocycles. The van der Waals surface area contributed by atoms with E-state index < -0.39 is 0 Å². The molecule has 0 saturated heterocycles. The van der Waals surface area contributed by atoms with E-state index in [0.29, 0.717) is 23.8 Å². The summed E-state index contributed by atoms with van der Waals surface area (Å²) in [4.78, 5) is 22.3. The summed E-state index contributed by atoms with van der Waals surface area (Å²) in [5, 5.41) is 6.78. The Bertz CT molecular complexity index is 1120. The molecule has 0 bridgehead atoms. The second-order valence-electron chi connectivity index (χ2n) is 8.47. The third kappa shape index (κ3) is 3.92. The molecule has 1 aliphatic carbocycles. The average Bonchev–Trinajstić information content (AvgIpc) is 2.67. The van der Waals surface area contributed by atoms with Crippen molar-refractivity contribution in [1.29, 1.82) is 0 Å². The van der Waals surface area contributed by atoms with Crippen molar-refractivity contribution < 1.29 is 4.79 Å². The van der Waals surface area contributed by atoms with Gasteiger partial charge >= 0.3 is 0 Å². The third-order valence-electron chi connectivity index (χ3n) is 5.83. The summed E-state index contributed by atoms with van der Waals surface area (Å²) in [5.74, 6) is 1.48. The Morgan fingerprint density at radius 3 is 2.30 bits per heavy atom. The Labute approximate surface area is 178 Å². The van der Waals surface area contributed by atoms with Gasteiger partial charge in [0.05, 0.1) is 11.3 Å². The van der Waals surface area contributed by atoms with E-state index in [1.54, 1.807) is 0 Å². The van der Waals surface area contributed by atoms with Crippen LogP contribution in [0.4, 0.5) is 23.1 Å². The van der Waals surface area contributed by atoms with E-state index in [4.69, 9.17) is 9.97 Å². The Morgan fingerprint density at radius 1 is 0.867 bits per heavy atom. The van der Waals surface area contributed by atoms with Crippen LogP contribution in [0.5, 0.6) is 0 Å². The van der Waals surface area contributed by atoms with E-state index in [0.717, 1.165) is 34.6 Å². The molecule has 0 aliphatic heterocycles. The van der Waals surface area contributed by atoms with Gasteiger partial charge in [0.1, 0.15) is 5.82 Å². The fourth-order valence-electron chi connectivity index (χ4n) is 3.99. The molecule has 2 N–H and O–H groups in total. The topological polar surface area (TPSA) is 66.9 Å². The average molecular weight is 401 g/mol. The number of carbonyl (C=O) groups excluding carboxylic acids is 1. The zero-order valence-electron chi connectivity index (χ0n) is 18.3. The smallest absolute Gasteiger partial charge is 0.229 e. The number of aromatic nitrogens is 2. The first kappa shape index (κ1) is 20.1. The molecule has 5 nitrogen and oxygen atoms in total. The number of para-hydroxylation sites is 1. The molecule has 30 heavy (non-hydrogen) atoms. The first-order valence-electron chi connectivity index (χ1n) is 10.4. The van der Waals surface area contributed by atoms with Crippen LogP contribution in [0.25, 0.3) is 0 Å². The van der Waals surface area contributed by atoms with E-state index in [9.17, 15) is 4.79 Å². The maximum Gasteiger partial charge on any atom is 0.229 e. The number of nitrogens with one attached hydrogen (secondary N) is 2. The second-order valence-corrected chi connectivity index (χ2v) is 8.47. The predicted molar refractivity (Wildman–Crippen MR) is 122 cm³/mol. The molecule has 0 radical (unpaired) electrons. The Balaban J connectivity index is 1.79. The molecule has 5 heteroatoms. The lowest BCUT2D eigenvalue weighted by molar-refractivity contribution is 0.0953. The minimum atomic E-state index is 0.107. The molecule has 1 aliphatic rings. The minimum Gasteiger partial charge on any atom is -0.339 e. The monoisotopic (exact) mass is 400 g/mol. The quantitative estimate of drug-likeness (QED) is 0.565. The number of Topliss-reactive ketones (excluding diaryl/α,β-unsaturated/α-hetero) is 1. The van der Waals surface area contributed by atoms with Crippen LogP contribution in [-0.4, -0.2) is 15.8 Å². The highest BCUT2D eigenvalue weighted by Gasteiger charge is 2.28. The maximum atomic E-state index is 12.9. The van der Waals surface area contributed by atoms with Crippen LogP contribution >= 0.6 is 0 Å². The van der Waals surface area contributed by atoms with Crippen LogP contribution in [0.2, 0.25) is 0 Å². The lowest BCUT2D eigenvalue weighted by Crippen LogP contribution is -2.22. The van der Waals surface area contributed by atoms with Crippen molar-refractivity contribution in [1.82, 2.24) is 9.97 Å². The number of fused-ring (bicyclic) bond motifs is 1. The zero-order valence-corrected chi connectivity index (χ0v) is 18.3. The highest BCUT2D eigenvalue weighted by molar-refractivity contribution is 6.03. The van der Waals surface area contributed by atoms with Gasteiger partial charge in [0, 0.05) is 17.8 Å². The van der Waals surface area contributed by atoms with Gasteiger partial charge in [0.25, 0.3) is 0 Å². The summed E-state index contributed by atoms with van der Waals surface area (Å²) in [7, 11) is 0. The van der Waals surface area contributed by atoms with Crippen molar-refractivity contribution >= 4 is 28.9 Å². The molecular weight excluding hydrogens is 372 g/mol. The normalized spacial score (nSPS) is 15.6. The van der Waals surface area contributed by atoms with Crippen LogP contribution in [0.3, 0.4) is 0 Å². The Morgan fingerprint density at radius 2 is 1.60 bits per heavy atom. The number of benzene rings is 2. The Kier molecular flexibility index (Phi) is 5.29. The largest absolute Gasteiger partial charge is 0.339 e. The molecule has 1 aromatic heterocycles. The molecule has 154 valence electrons. The van der Waals surface area contributed by atoms with Gasteiger partial charge in [0.15, 0.2) is 5.78 Å². The fourth-order valence-corrected chi connectivity index (χ4v) is 3.99. The van der Waals surface area contributed by atoms with E-state index >= 15 is 0 Å². The minimum absolute atomic E-state index is 0.107. The van der Waals surface area contributed by atoms with E-state index in [-0.39, 0.29) is 11.7 Å². The number of aryl methyl sites for hydroxylation is 4. The summed E-state index contributed by atoms with van der Waals surface area (Å²) in [6, 6.07) is 12.3. The zero-order chi connectivity index (χ0) is 21.4. The van der Waals surface area contributed by atoms with Crippen molar-refractivity contribution in [2.75, 3.05) is 10.6 Å². The number of anilines is 4. The molecule has 1 atom stereocenters. The summed E-state index contributed by atoms with van der Waals surface area (Å²) in [6.07, 6.45) is 1.30. The summed E-state index contributed by atoms with van der Waals surface area (Å²) in [6.45, 7) is 10.4. The molecule has 4 rings (SSSR count). The molecule has 2 aromatic carbocycles. The van der Waals surface area contributed by atoms with Crippen LogP contribution in [0, 0.1) is 33.6 Å². The lowest BCUT2D eigenvalue weighted by atomic mass is 9.87. The molecule has 1 unspecified atom stereocenters. The molecule has 3 aromatic rings. The van der Waals surface area contributed by atoms with E-state index in [1.165, 1.54) is 11.1 Å². The number of nitrogens with zero attached hydrogens (tertiary/aromatic N) is 2. The van der Waals surface area contributed by atoms with Crippen molar-refractivity contribution in [3.63, 3.8) is 0 Å². The summed E-state index contributed by atoms with van der Waals surface area (Å²) < 4.78 is 0. The highest BCUT2D eigenvalue weighted by atomic mass is 16.1. The number of ketones is 1. The van der Waals surface area contributed by atoms with Gasteiger partial charge in [-0.25, -0.2) is 4.98 Å². The van der Waals surface area contributed by atoms with Gasteiger partial charge in [-0.2, -0.15) is 4.98 Å². The molecule has 0 fully saturated rings. The van der Waals surface area contributed by atoms with E-state index in [2.05, 4.69) is 69.5 Å². The van der Waals surface area contributed by atoms with Gasteiger partial charge in [-0.1, -0.05) is 31.2 Å². The highest BCUT2D eigenvalue weighted by Crippen LogP contribution is 2.33. The number of hydrogen-bond acceptors (Lipinski definition) is 5. The van der Waals surface area contributed by atoms with Crippen molar-refractivity contribution in [3.8, 4) is 0 Å². The van der Waals surface area contributed by atoms with Gasteiger partial charge < -0.3 is 10.6 Å². The first-order valence-corrected chi connectivity index (χ1v) is 10.4. The molecular formula is C25H28N4O. The number of rotatable bonds is 4. The predicted octanol–water partition coefficient (Wildman–Crippen LogP) is 5.96. The van der Waals surface area contributed by atoms with Gasteiger partial charge in [-0.15, -0.1) is 0 Å². The number of carbonyl (C=O) groups is 1. The van der Waals surface area contributed by atoms with Crippen molar-refractivity contribution in [3.05, 3.63) is 69.9 Å². The third-order valence-corrected chi connectivity index (χ3v) is 5.83. The van der Waals surface area contributed by atoms with Crippen LogP contribution < -0.4 is 10.6 Å². The summed E-state index contributed by atoms with van der Waals surface area (Å²) >= 11 is 0. The van der Waals surface area contributed by atoms with Gasteiger partial charge in [0.2, 0.25) is 5.95 Å². The Hall–Kier alpha value is -3.21. The van der Waals surface area contributed by atoms with Crippen molar-refractivity contribution in [2.24, 2.45) is 5.92 Å². The standard InChI is InChI=1S/C25H28N4O/c1-14-11-20-22(21(30)12-14)24(28-23-16(3)7-6-8-17(23)4)29-25(27-20)26-19-10-9-15(2)18(5)13-19/h6-10,13-14H,11-12H2,1-5H3,(H2,26,27,28,29).